The summed E-state index contributed by atoms with van der Waals surface area (Å²) < 4.78 is 0. The Bertz CT molecular complexity index is 537. The number of nitrogens with zero attached hydrogens (tertiary/aromatic N) is 1. The molecule has 2 N–H and O–H groups in total. The van der Waals surface area contributed by atoms with Crippen LogP contribution in [0.3, 0.4) is 0 Å². The van der Waals surface area contributed by atoms with E-state index in [9.17, 15) is 19.5 Å². The standard InChI is InChI=1S/C11H9NO5/c1-5(11(16)17)12-9(14)6-3-2-4-7(13)8(6)10(12)15/h2-5,13H,1H3,(H,16,17)/t5-/m0/s1. The highest BCUT2D eigenvalue weighted by Gasteiger charge is 2.42. The average Bonchev–Trinajstić information content (AvgIpc) is 2.52. The molecule has 1 atom stereocenters. The minimum absolute atomic E-state index is 0.0306. The first-order valence-corrected chi connectivity index (χ1v) is 4.88. The summed E-state index contributed by atoms with van der Waals surface area (Å²) in [6.07, 6.45) is 0. The molecule has 88 valence electrons. The number of hydrogen-bond acceptors (Lipinski definition) is 4. The molecule has 6 nitrogen and oxygen atoms in total. The summed E-state index contributed by atoms with van der Waals surface area (Å²) in [5.74, 6) is -3.08. The lowest BCUT2D eigenvalue weighted by molar-refractivity contribution is -0.140. The Morgan fingerprint density at radius 2 is 1.94 bits per heavy atom. The van der Waals surface area contributed by atoms with Gasteiger partial charge in [-0.05, 0) is 19.1 Å². The van der Waals surface area contributed by atoms with E-state index < -0.39 is 23.8 Å². The van der Waals surface area contributed by atoms with Crippen LogP contribution < -0.4 is 0 Å². The van der Waals surface area contributed by atoms with Gasteiger partial charge in [-0.25, -0.2) is 4.79 Å². The third kappa shape index (κ3) is 1.45. The molecule has 1 aliphatic rings. The second-order valence-electron chi connectivity index (χ2n) is 3.69. The van der Waals surface area contributed by atoms with E-state index in [0.29, 0.717) is 4.90 Å². The average molecular weight is 235 g/mol. The van der Waals surface area contributed by atoms with Crippen molar-refractivity contribution in [3.63, 3.8) is 0 Å². The summed E-state index contributed by atoms with van der Waals surface area (Å²) in [6.45, 7) is 1.24. The number of fused-ring (bicyclic) bond motifs is 1. The quantitative estimate of drug-likeness (QED) is 0.726. The third-order valence-electron chi connectivity index (χ3n) is 2.67. The molecular formula is C11H9NO5. The number of carbonyl (C=O) groups excluding carboxylic acids is 2. The normalized spacial score (nSPS) is 15.9. The number of phenols is 1. The molecule has 2 rings (SSSR count). The van der Waals surface area contributed by atoms with Gasteiger partial charge in [0.2, 0.25) is 0 Å². The summed E-state index contributed by atoms with van der Waals surface area (Å²) in [7, 11) is 0. The summed E-state index contributed by atoms with van der Waals surface area (Å²) >= 11 is 0. The van der Waals surface area contributed by atoms with Crippen LogP contribution in [-0.4, -0.2) is 38.9 Å². The van der Waals surface area contributed by atoms with Gasteiger partial charge >= 0.3 is 5.97 Å². The molecule has 0 aromatic heterocycles. The third-order valence-corrected chi connectivity index (χ3v) is 2.67. The number of amides is 2. The van der Waals surface area contributed by atoms with Crippen molar-refractivity contribution in [2.45, 2.75) is 13.0 Å². The van der Waals surface area contributed by atoms with Crippen LogP contribution in [0, 0.1) is 0 Å². The summed E-state index contributed by atoms with van der Waals surface area (Å²) in [4.78, 5) is 35.1. The van der Waals surface area contributed by atoms with Crippen LogP contribution in [0.25, 0.3) is 0 Å². The highest BCUT2D eigenvalue weighted by molar-refractivity contribution is 6.23. The second kappa shape index (κ2) is 3.58. The first kappa shape index (κ1) is 11.1. The van der Waals surface area contributed by atoms with Crippen LogP contribution in [0.4, 0.5) is 0 Å². The Kier molecular flexibility index (Phi) is 2.35. The van der Waals surface area contributed by atoms with Gasteiger partial charge in [-0.2, -0.15) is 0 Å². The van der Waals surface area contributed by atoms with Crippen molar-refractivity contribution >= 4 is 17.8 Å². The molecule has 0 radical (unpaired) electrons. The number of rotatable bonds is 2. The zero-order valence-electron chi connectivity index (χ0n) is 8.88. The molecule has 1 aromatic carbocycles. The van der Waals surface area contributed by atoms with Gasteiger partial charge in [0.15, 0.2) is 0 Å². The number of carboxylic acid groups (broad SMARTS) is 1. The number of carboxylic acids is 1. The summed E-state index contributed by atoms with van der Waals surface area (Å²) in [5, 5.41) is 18.3. The SMILES string of the molecule is C[C@@H](C(=O)O)N1C(=O)c2cccc(O)c2C1=O. The largest absolute Gasteiger partial charge is 0.507 e. The molecule has 0 bridgehead atoms. The second-order valence-corrected chi connectivity index (χ2v) is 3.69. The minimum Gasteiger partial charge on any atom is -0.507 e. The highest BCUT2D eigenvalue weighted by Crippen LogP contribution is 2.31. The Morgan fingerprint density at radius 3 is 2.47 bits per heavy atom. The number of benzene rings is 1. The van der Waals surface area contributed by atoms with E-state index in [1.54, 1.807) is 0 Å². The van der Waals surface area contributed by atoms with E-state index in [0.717, 1.165) is 0 Å². The lowest BCUT2D eigenvalue weighted by Crippen LogP contribution is -2.42. The zero-order valence-corrected chi connectivity index (χ0v) is 8.88. The van der Waals surface area contributed by atoms with Crippen molar-refractivity contribution in [1.29, 1.82) is 0 Å². The molecule has 0 unspecified atom stereocenters. The molecule has 1 aliphatic heterocycles. The van der Waals surface area contributed by atoms with Crippen molar-refractivity contribution in [3.05, 3.63) is 29.3 Å². The predicted octanol–water partition coefficient (Wildman–Crippen LogP) is 0.461. The zero-order chi connectivity index (χ0) is 12.7. The molecular weight excluding hydrogens is 226 g/mol. The first-order valence-electron chi connectivity index (χ1n) is 4.88. The maximum Gasteiger partial charge on any atom is 0.326 e. The van der Waals surface area contributed by atoms with Gasteiger partial charge in [-0.15, -0.1) is 0 Å². The van der Waals surface area contributed by atoms with Gasteiger partial charge in [0, 0.05) is 0 Å². The Labute approximate surface area is 96.1 Å². The van der Waals surface area contributed by atoms with E-state index in [1.165, 1.54) is 25.1 Å². The lowest BCUT2D eigenvalue weighted by Gasteiger charge is -2.18. The smallest absolute Gasteiger partial charge is 0.326 e. The van der Waals surface area contributed by atoms with Crippen molar-refractivity contribution in [2.75, 3.05) is 0 Å². The topological polar surface area (TPSA) is 94.9 Å². The molecule has 1 heterocycles. The predicted molar refractivity (Wildman–Crippen MR) is 55.7 cm³/mol. The number of imide groups is 1. The molecule has 17 heavy (non-hydrogen) atoms. The van der Waals surface area contributed by atoms with Gasteiger partial charge in [-0.3, -0.25) is 14.5 Å². The van der Waals surface area contributed by atoms with Gasteiger partial charge in [0.1, 0.15) is 11.8 Å². The fourth-order valence-electron chi connectivity index (χ4n) is 1.75. The number of aromatic hydroxyl groups is 1. The van der Waals surface area contributed by atoms with Gasteiger partial charge in [-0.1, -0.05) is 6.07 Å². The van der Waals surface area contributed by atoms with Crippen LogP contribution in [0.1, 0.15) is 27.6 Å². The van der Waals surface area contributed by atoms with Crippen LogP contribution in [0.2, 0.25) is 0 Å². The lowest BCUT2D eigenvalue weighted by atomic mass is 10.1. The molecule has 0 aliphatic carbocycles. The molecule has 1 aromatic rings. The maximum absolute atomic E-state index is 11.9. The fraction of sp³-hybridized carbons (Fsp3) is 0.182. The Balaban J connectivity index is 2.53. The van der Waals surface area contributed by atoms with E-state index in [2.05, 4.69) is 0 Å². The maximum atomic E-state index is 11.9. The summed E-state index contributed by atoms with van der Waals surface area (Å²) in [6, 6.07) is 2.82. The van der Waals surface area contributed by atoms with Crippen molar-refractivity contribution < 1.29 is 24.6 Å². The number of hydrogen-bond donors (Lipinski definition) is 2. The van der Waals surface area contributed by atoms with E-state index in [4.69, 9.17) is 5.11 Å². The van der Waals surface area contributed by atoms with Gasteiger partial charge < -0.3 is 10.2 Å². The molecule has 0 fully saturated rings. The number of phenolic OH excluding ortho intramolecular Hbond substituents is 1. The molecule has 2 amide bonds. The molecule has 0 saturated heterocycles. The van der Waals surface area contributed by atoms with Crippen LogP contribution in [-0.2, 0) is 4.79 Å². The van der Waals surface area contributed by atoms with E-state index in [1.807, 2.05) is 0 Å². The van der Waals surface area contributed by atoms with Crippen LogP contribution in [0.15, 0.2) is 18.2 Å². The Hall–Kier alpha value is -2.37. The first-order chi connectivity index (χ1) is 7.95. The minimum atomic E-state index is -1.28. The van der Waals surface area contributed by atoms with Gasteiger partial charge in [0.05, 0.1) is 11.1 Å². The van der Waals surface area contributed by atoms with E-state index >= 15 is 0 Å². The monoisotopic (exact) mass is 235 g/mol. The molecule has 6 heteroatoms. The Morgan fingerprint density at radius 1 is 1.29 bits per heavy atom. The van der Waals surface area contributed by atoms with Crippen LogP contribution in [0.5, 0.6) is 5.75 Å². The number of carbonyl (C=O) groups is 3. The molecule has 0 saturated carbocycles. The van der Waals surface area contributed by atoms with Crippen molar-refractivity contribution in [2.24, 2.45) is 0 Å². The van der Waals surface area contributed by atoms with Crippen molar-refractivity contribution in [1.82, 2.24) is 4.90 Å². The molecule has 0 spiro atoms. The highest BCUT2D eigenvalue weighted by atomic mass is 16.4. The summed E-state index contributed by atoms with van der Waals surface area (Å²) in [5.41, 5.74) is -0.103. The van der Waals surface area contributed by atoms with Crippen LogP contribution >= 0.6 is 0 Å². The fourth-order valence-corrected chi connectivity index (χ4v) is 1.75. The van der Waals surface area contributed by atoms with Crippen molar-refractivity contribution in [3.8, 4) is 5.75 Å². The van der Waals surface area contributed by atoms with E-state index in [-0.39, 0.29) is 16.9 Å². The van der Waals surface area contributed by atoms with Gasteiger partial charge in [0.25, 0.3) is 11.8 Å². The number of aliphatic carboxylic acids is 1.